The van der Waals surface area contributed by atoms with Gasteiger partial charge >= 0.3 is 6.03 Å². The number of thiazole rings is 1. The Hall–Kier alpha value is -2.23. The molecule has 4 aliphatic rings. The fourth-order valence-electron chi connectivity index (χ4n) is 5.31. The van der Waals surface area contributed by atoms with Crippen molar-refractivity contribution in [1.82, 2.24) is 20.1 Å². The van der Waals surface area contributed by atoms with Gasteiger partial charge < -0.3 is 5.32 Å². The molecule has 32 heavy (non-hydrogen) atoms. The fourth-order valence-corrected chi connectivity index (χ4v) is 7.80. The van der Waals surface area contributed by atoms with E-state index in [2.05, 4.69) is 15.8 Å². The van der Waals surface area contributed by atoms with Crippen molar-refractivity contribution < 1.29 is 13.2 Å². The molecule has 2 aromatic heterocycles. The van der Waals surface area contributed by atoms with Crippen molar-refractivity contribution in [2.75, 3.05) is 6.26 Å². The Morgan fingerprint density at radius 2 is 1.84 bits per heavy atom. The van der Waals surface area contributed by atoms with Crippen molar-refractivity contribution in [3.63, 3.8) is 0 Å². The summed E-state index contributed by atoms with van der Waals surface area (Å²) < 4.78 is 24.5. The van der Waals surface area contributed by atoms with Crippen molar-refractivity contribution in [3.05, 3.63) is 57.6 Å². The number of nitrogens with one attached hydrogen (secondary N) is 1. The first kappa shape index (κ1) is 20.4. The van der Waals surface area contributed by atoms with E-state index in [1.807, 2.05) is 24.3 Å². The van der Waals surface area contributed by atoms with Crippen LogP contribution in [-0.2, 0) is 20.0 Å². The van der Waals surface area contributed by atoms with Crippen LogP contribution in [0.3, 0.4) is 0 Å². The summed E-state index contributed by atoms with van der Waals surface area (Å²) in [4.78, 5) is 17.6. The molecule has 0 atom stereocenters. The van der Waals surface area contributed by atoms with E-state index in [4.69, 9.17) is 16.6 Å². The minimum absolute atomic E-state index is 0.0479. The molecule has 7 nitrogen and oxygen atoms in total. The molecule has 4 aliphatic carbocycles. The van der Waals surface area contributed by atoms with Crippen molar-refractivity contribution in [3.8, 4) is 11.3 Å². The van der Waals surface area contributed by atoms with Crippen LogP contribution in [0.1, 0.15) is 42.8 Å². The molecule has 0 radical (unpaired) electrons. The van der Waals surface area contributed by atoms with Crippen LogP contribution in [0.15, 0.2) is 41.9 Å². The summed E-state index contributed by atoms with van der Waals surface area (Å²) in [6.45, 7) is 0. The number of rotatable bonds is 5. The number of benzene rings is 1. The summed E-state index contributed by atoms with van der Waals surface area (Å²) in [5, 5.41) is 11.3. The van der Waals surface area contributed by atoms with Gasteiger partial charge in [0.05, 0.1) is 16.4 Å². The van der Waals surface area contributed by atoms with E-state index in [0.29, 0.717) is 23.6 Å². The maximum Gasteiger partial charge on any atom is 0.342 e. The molecule has 0 spiro atoms. The standard InChI is InChI=1S/C22H21ClN4O3S2/c1-32(29,30)22(7-8-22)17-6-9-27(26-17)19(28)25-21-11-20(12-21,13-21)18-24-16(10-31-18)14-2-4-15(23)5-3-14/h2-6,9-10H,7-8,11-13H2,1H3,(H,25,28). The van der Waals surface area contributed by atoms with Crippen LogP contribution in [0.5, 0.6) is 0 Å². The topological polar surface area (TPSA) is 94.0 Å². The lowest BCUT2D eigenvalue weighted by atomic mass is 9.39. The van der Waals surface area contributed by atoms with Crippen molar-refractivity contribution in [1.29, 1.82) is 0 Å². The summed E-state index contributed by atoms with van der Waals surface area (Å²) in [6, 6.07) is 9.00. The Morgan fingerprint density at radius 1 is 1.16 bits per heavy atom. The van der Waals surface area contributed by atoms with Gasteiger partial charge in [0, 0.05) is 39.4 Å². The summed E-state index contributed by atoms with van der Waals surface area (Å²) in [7, 11) is -3.26. The summed E-state index contributed by atoms with van der Waals surface area (Å²) in [5.41, 5.74) is 2.29. The van der Waals surface area contributed by atoms with E-state index in [-0.39, 0.29) is 17.0 Å². The molecule has 7 rings (SSSR count). The number of hydrogen-bond acceptors (Lipinski definition) is 6. The monoisotopic (exact) mass is 488 g/mol. The molecule has 1 aromatic carbocycles. The smallest absolute Gasteiger partial charge is 0.331 e. The van der Waals surface area contributed by atoms with Crippen LogP contribution >= 0.6 is 22.9 Å². The highest BCUT2D eigenvalue weighted by Gasteiger charge is 2.70. The number of carbonyl (C=O) groups is 1. The molecule has 10 heteroatoms. The van der Waals surface area contributed by atoms with E-state index in [0.717, 1.165) is 35.5 Å². The first-order valence-corrected chi connectivity index (χ1v) is 13.6. The maximum atomic E-state index is 12.8. The van der Waals surface area contributed by atoms with Gasteiger partial charge in [0.1, 0.15) is 4.75 Å². The van der Waals surface area contributed by atoms with Gasteiger partial charge in [-0.2, -0.15) is 9.78 Å². The average Bonchev–Trinajstić information content (AvgIpc) is 3.14. The minimum Gasteiger partial charge on any atom is -0.331 e. The summed E-state index contributed by atoms with van der Waals surface area (Å²) >= 11 is 7.64. The molecular weight excluding hydrogens is 468 g/mol. The lowest BCUT2D eigenvalue weighted by Gasteiger charge is -2.69. The SMILES string of the molecule is CS(=O)(=O)C1(c2ccn(C(=O)NC34CC(c5nc(-c6ccc(Cl)cc6)cs5)(C3)C4)n2)CC1. The third-order valence-corrected chi connectivity index (χ3v) is 10.6. The van der Waals surface area contributed by atoms with Gasteiger partial charge in [0.25, 0.3) is 0 Å². The highest BCUT2D eigenvalue weighted by Crippen LogP contribution is 2.68. The van der Waals surface area contributed by atoms with E-state index in [1.165, 1.54) is 10.9 Å². The number of amides is 1. The van der Waals surface area contributed by atoms with Crippen LogP contribution in [0.2, 0.25) is 5.02 Å². The summed E-state index contributed by atoms with van der Waals surface area (Å²) in [6.07, 6.45) is 6.49. The van der Waals surface area contributed by atoms with Crippen LogP contribution < -0.4 is 5.32 Å². The molecule has 1 amide bonds. The van der Waals surface area contributed by atoms with Crippen LogP contribution in [0.25, 0.3) is 11.3 Å². The highest BCUT2D eigenvalue weighted by atomic mass is 35.5. The molecule has 3 aromatic rings. The highest BCUT2D eigenvalue weighted by molar-refractivity contribution is 7.91. The average molecular weight is 489 g/mol. The zero-order valence-electron chi connectivity index (χ0n) is 17.3. The Morgan fingerprint density at radius 3 is 2.47 bits per heavy atom. The minimum atomic E-state index is -3.26. The Labute approximate surface area is 194 Å². The first-order chi connectivity index (χ1) is 15.1. The third kappa shape index (κ3) is 2.90. The van der Waals surface area contributed by atoms with Gasteiger partial charge in [-0.15, -0.1) is 11.3 Å². The Balaban J connectivity index is 1.12. The summed E-state index contributed by atoms with van der Waals surface area (Å²) in [5.74, 6) is 0. The van der Waals surface area contributed by atoms with Gasteiger partial charge in [0.2, 0.25) is 0 Å². The fraction of sp³-hybridized carbons (Fsp3) is 0.409. The molecule has 1 N–H and O–H groups in total. The van der Waals surface area contributed by atoms with E-state index >= 15 is 0 Å². The van der Waals surface area contributed by atoms with Gasteiger partial charge in [0.15, 0.2) is 9.84 Å². The predicted octanol–water partition coefficient (Wildman–Crippen LogP) is 4.13. The quantitative estimate of drug-likeness (QED) is 0.582. The number of sulfone groups is 1. The molecular formula is C22H21ClN4O3S2. The molecule has 0 aliphatic heterocycles. The van der Waals surface area contributed by atoms with Crippen LogP contribution in [-0.4, -0.2) is 41.0 Å². The number of hydrogen-bond donors (Lipinski definition) is 1. The van der Waals surface area contributed by atoms with Crippen molar-refractivity contribution >= 4 is 38.8 Å². The lowest BCUT2D eigenvalue weighted by molar-refractivity contribution is -0.0789. The third-order valence-electron chi connectivity index (χ3n) is 7.18. The normalized spacial score (nSPS) is 27.3. The number of aromatic nitrogens is 3. The van der Waals surface area contributed by atoms with E-state index in [9.17, 15) is 13.2 Å². The maximum absolute atomic E-state index is 12.8. The number of carbonyl (C=O) groups excluding carboxylic acids is 1. The molecule has 2 bridgehead atoms. The molecule has 0 unspecified atom stereocenters. The molecule has 2 heterocycles. The second-order valence-electron chi connectivity index (χ2n) is 9.48. The largest absolute Gasteiger partial charge is 0.342 e. The van der Waals surface area contributed by atoms with E-state index in [1.54, 1.807) is 23.6 Å². The zero-order chi connectivity index (χ0) is 22.4. The predicted molar refractivity (Wildman–Crippen MR) is 123 cm³/mol. The Bertz CT molecular complexity index is 1340. The Kier molecular flexibility index (Phi) is 4.09. The number of nitrogens with zero attached hydrogens (tertiary/aromatic N) is 3. The molecule has 4 saturated carbocycles. The van der Waals surface area contributed by atoms with Crippen molar-refractivity contribution in [2.24, 2.45) is 0 Å². The van der Waals surface area contributed by atoms with Crippen molar-refractivity contribution in [2.45, 2.75) is 47.8 Å². The van der Waals surface area contributed by atoms with Gasteiger partial charge in [-0.1, -0.05) is 23.7 Å². The second-order valence-corrected chi connectivity index (χ2v) is 13.1. The molecule has 166 valence electrons. The van der Waals surface area contributed by atoms with Crippen LogP contribution in [0, 0.1) is 0 Å². The van der Waals surface area contributed by atoms with Gasteiger partial charge in [-0.3, -0.25) is 0 Å². The number of halogens is 1. The van der Waals surface area contributed by atoms with E-state index < -0.39 is 14.6 Å². The zero-order valence-corrected chi connectivity index (χ0v) is 19.7. The second kappa shape index (κ2) is 6.42. The van der Waals surface area contributed by atoms with Gasteiger partial charge in [-0.25, -0.2) is 18.2 Å². The molecule has 0 saturated heterocycles. The molecule has 4 fully saturated rings. The van der Waals surface area contributed by atoms with Crippen LogP contribution in [0.4, 0.5) is 4.79 Å². The lowest BCUT2D eigenvalue weighted by Crippen LogP contribution is -2.77. The van der Waals surface area contributed by atoms with Gasteiger partial charge in [-0.05, 0) is 50.3 Å². The first-order valence-electron chi connectivity index (χ1n) is 10.4.